The molecule has 0 radical (unpaired) electrons. The molecule has 0 atom stereocenters. The van der Waals surface area contributed by atoms with E-state index >= 15 is 0 Å². The molecule has 1 aromatic heterocycles. The molecule has 0 fully saturated rings. The summed E-state index contributed by atoms with van der Waals surface area (Å²) in [6.07, 6.45) is 3.13. The molecule has 302 valence electrons. The van der Waals surface area contributed by atoms with E-state index in [-0.39, 0.29) is 32.4 Å². The number of halogens is 7. The van der Waals surface area contributed by atoms with Gasteiger partial charge in [-0.2, -0.15) is 0 Å². The quantitative estimate of drug-likeness (QED) is 0.0544. The Balaban J connectivity index is 0.000000212. The molecule has 12 heteroatoms. The first-order chi connectivity index (χ1) is 25.8. The van der Waals surface area contributed by atoms with Gasteiger partial charge in [-0.25, -0.2) is 0 Å². The number of benzene rings is 5. The number of aliphatic hydroxyl groups is 1. The minimum absolute atomic E-state index is 0.0179. The number of aryl methyl sites for hydroxylation is 3. The van der Waals surface area contributed by atoms with Gasteiger partial charge in [-0.05, 0) is 105 Å². The predicted molar refractivity (Wildman–Crippen MR) is 219 cm³/mol. The van der Waals surface area contributed by atoms with Crippen LogP contribution in [0.25, 0.3) is 20.2 Å². The van der Waals surface area contributed by atoms with Crippen LogP contribution in [0.15, 0.2) is 120 Å². The first kappa shape index (κ1) is 46.7. The molecule has 0 saturated carbocycles. The Morgan fingerprint density at radius 1 is 0.732 bits per heavy atom. The molecule has 0 unspecified atom stereocenters. The van der Waals surface area contributed by atoms with Gasteiger partial charge in [0.1, 0.15) is 5.60 Å². The van der Waals surface area contributed by atoms with Gasteiger partial charge in [0.2, 0.25) is 0 Å². The van der Waals surface area contributed by atoms with E-state index in [1.165, 1.54) is 49.7 Å². The first-order valence-electron chi connectivity index (χ1n) is 18.0. The zero-order chi connectivity index (χ0) is 42.0. The van der Waals surface area contributed by atoms with E-state index in [0.717, 1.165) is 38.9 Å². The second kappa shape index (κ2) is 18.7. The van der Waals surface area contributed by atoms with E-state index < -0.39 is 13.4 Å². The summed E-state index contributed by atoms with van der Waals surface area (Å²) >= 11 is 1.72. The Kier molecular flexibility index (Phi) is 15.6. The van der Waals surface area contributed by atoms with Crippen LogP contribution in [0.4, 0.5) is 25.2 Å². The molecule has 3 nitrogen and oxygen atoms in total. The van der Waals surface area contributed by atoms with Crippen molar-refractivity contribution in [2.45, 2.75) is 73.3 Å². The van der Waals surface area contributed by atoms with E-state index in [1.807, 2.05) is 30.3 Å². The van der Waals surface area contributed by atoms with Gasteiger partial charge in [0.15, 0.2) is 18.4 Å². The van der Waals surface area contributed by atoms with Crippen LogP contribution in [0.1, 0.15) is 74.2 Å². The maximum atomic E-state index is 12.6. The van der Waals surface area contributed by atoms with E-state index in [4.69, 9.17) is 0 Å². The number of carbonyl (C=O) groups excluding carboxylic acids is 1. The molecule has 0 aliphatic carbocycles. The number of fused-ring (bicyclic) bond motifs is 2. The number of carbonyl (C=O) groups is 1. The third-order valence-corrected chi connectivity index (χ3v) is 11.9. The summed E-state index contributed by atoms with van der Waals surface area (Å²) in [5.74, 6) is 0.491. The molecule has 6 aromatic rings. The van der Waals surface area contributed by atoms with Crippen molar-refractivity contribution in [3.8, 4) is 0 Å². The Labute approximate surface area is 339 Å². The third kappa shape index (κ3) is 16.8. The fraction of sp³-hybridized carbons (Fsp3) is 0.273. The Bertz CT molecular complexity index is 2260. The molecular weight excluding hydrogens is 880 g/mol. The summed E-state index contributed by atoms with van der Waals surface area (Å²) in [5, 5.41) is 11.1. The summed E-state index contributed by atoms with van der Waals surface area (Å²) in [6, 6.07) is 39.2. The first-order valence-corrected chi connectivity index (χ1v) is 23.0. The van der Waals surface area contributed by atoms with Crippen LogP contribution >= 0.6 is 19.1 Å². The Morgan fingerprint density at radius 3 is 1.75 bits per heavy atom. The number of rotatable bonds is 8. The summed E-state index contributed by atoms with van der Waals surface area (Å²) in [7, 11) is -10.7. The fourth-order valence-corrected chi connectivity index (χ4v) is 8.72. The van der Waals surface area contributed by atoms with Crippen molar-refractivity contribution in [3.05, 3.63) is 160 Å². The predicted octanol–water partition coefficient (Wildman–Crippen LogP) is 10.9. The van der Waals surface area contributed by atoms with Gasteiger partial charge in [0, 0.05) is 25.7 Å². The summed E-state index contributed by atoms with van der Waals surface area (Å²) in [4.78, 5) is 24.0. The molecule has 0 saturated heterocycles. The average molecular weight is 929 g/mol. The van der Waals surface area contributed by atoms with E-state index in [2.05, 4.69) is 95.3 Å². The molecule has 0 spiro atoms. The molecule has 1 N–H and O–H groups in total. The molecule has 0 bridgehead atoms. The van der Waals surface area contributed by atoms with E-state index in [9.17, 15) is 39.9 Å². The van der Waals surface area contributed by atoms with Crippen molar-refractivity contribution in [1.82, 2.24) is 0 Å². The van der Waals surface area contributed by atoms with Crippen LogP contribution in [0.2, 0.25) is 0 Å². The number of ketones is 1. The van der Waals surface area contributed by atoms with Gasteiger partial charge in [-0.1, -0.05) is 106 Å². The topological polar surface area (TPSA) is 54.4 Å². The zero-order valence-electron chi connectivity index (χ0n) is 32.4. The molecular formula is C44H48F6IO3PS. The van der Waals surface area contributed by atoms with E-state index in [1.54, 1.807) is 35.6 Å². The van der Waals surface area contributed by atoms with Gasteiger partial charge in [0.25, 0.3) is 0 Å². The van der Waals surface area contributed by atoms with Crippen molar-refractivity contribution in [2.75, 3.05) is 0 Å². The van der Waals surface area contributed by atoms with Crippen LogP contribution in [0.3, 0.4) is 0 Å². The number of hydrogen-bond acceptors (Lipinski definition) is 4. The molecule has 0 amide bonds. The van der Waals surface area contributed by atoms with Crippen LogP contribution in [-0.4, -0.2) is 16.5 Å². The van der Waals surface area contributed by atoms with Gasteiger partial charge < -0.3 is 5.11 Å². The maximum absolute atomic E-state index is 12.6. The van der Waals surface area contributed by atoms with E-state index in [0.29, 0.717) is 5.56 Å². The van der Waals surface area contributed by atoms with Crippen LogP contribution in [0, 0.1) is 20.0 Å². The molecule has 0 aliphatic rings. The van der Waals surface area contributed by atoms with Crippen LogP contribution in [0.5, 0.6) is 0 Å². The van der Waals surface area contributed by atoms with Crippen molar-refractivity contribution < 1.29 is 56.3 Å². The van der Waals surface area contributed by atoms with Crippen molar-refractivity contribution in [3.63, 3.8) is 0 Å². The molecule has 56 heavy (non-hydrogen) atoms. The summed E-state index contributed by atoms with van der Waals surface area (Å²) in [5.41, 5.74) is 4.80. The second-order valence-corrected chi connectivity index (χ2v) is 20.1. The molecule has 1 heterocycles. The number of Topliss-reactive ketones (excluding diaryl/α,β-unsaturated/α-hetero) is 1. The van der Waals surface area contributed by atoms with Gasteiger partial charge in [-0.3, -0.25) is 9.59 Å². The monoisotopic (exact) mass is 928 g/mol. The molecule has 5 aromatic carbocycles. The van der Waals surface area contributed by atoms with Crippen LogP contribution in [-0.2, 0) is 19.3 Å². The van der Waals surface area contributed by atoms with Crippen LogP contribution < -0.4 is 26.6 Å². The Morgan fingerprint density at radius 2 is 1.25 bits per heavy atom. The van der Waals surface area contributed by atoms with Gasteiger partial charge in [0.05, 0.1) is 0 Å². The minimum atomic E-state index is -10.7. The summed E-state index contributed by atoms with van der Waals surface area (Å²) < 4.78 is 64.4. The second-order valence-electron chi connectivity index (χ2n) is 14.1. The fourth-order valence-electron chi connectivity index (χ4n) is 5.33. The third-order valence-electron chi connectivity index (χ3n) is 7.98. The number of hydrogen-bond donors (Lipinski definition) is 1. The normalized spacial score (nSPS) is 12.6. The van der Waals surface area contributed by atoms with Crippen molar-refractivity contribution in [1.29, 1.82) is 0 Å². The Hall–Kier alpha value is -3.64. The van der Waals surface area contributed by atoms with Crippen molar-refractivity contribution >= 4 is 45.1 Å². The van der Waals surface area contributed by atoms with Gasteiger partial charge >= 0.3 is 54.2 Å². The van der Waals surface area contributed by atoms with Gasteiger partial charge in [-0.15, -0.1) is 11.3 Å². The standard InChI is InChI=1S/C17H20I.C17H16OS.C10H12O2.F6P/c1-13(2)12-15-6-10-17(11-7-15)18-16-8-4-14(3)5-9-16;1-3-11-9-12(4-2)17-14(10-11)16(18)13-7-5-6-8-15(13)19-17;1-10(2,12)9(11)8-6-4-3-5-7-8;1-7(2,3,4,5)6/h4-11,13H,12H2,1-3H3;5-10H,3-4H2,1-2H3;3-7,12H,1-2H3;/q+1;;;-1. The van der Waals surface area contributed by atoms with Crippen molar-refractivity contribution in [2.24, 2.45) is 5.92 Å². The summed E-state index contributed by atoms with van der Waals surface area (Å²) in [6.45, 7) is 13.9. The SMILES string of the molecule is CC(C)(O)C(=O)c1ccccc1.CCc1cc(CC)c2sc3ccccc3c(=O)c2c1.Cc1ccc([I+]c2ccc(CC(C)C)cc2)cc1.F[P-](F)(F)(F)(F)F. The molecule has 0 aliphatic heterocycles. The average Bonchev–Trinajstić information content (AvgIpc) is 3.12. The zero-order valence-corrected chi connectivity index (χ0v) is 36.3. The molecule has 6 rings (SSSR count).